The normalized spacial score (nSPS) is 10.8. The zero-order valence-corrected chi connectivity index (χ0v) is 17.0. The topological polar surface area (TPSA) is 94.6 Å². The van der Waals surface area contributed by atoms with Gasteiger partial charge in [0.05, 0.1) is 15.2 Å². The highest BCUT2D eigenvalue weighted by Gasteiger charge is 2.14. The molecule has 0 aliphatic carbocycles. The van der Waals surface area contributed by atoms with Crippen molar-refractivity contribution in [2.75, 3.05) is 6.61 Å². The van der Waals surface area contributed by atoms with Crippen molar-refractivity contribution >= 4 is 39.3 Å². The minimum absolute atomic E-state index is 0.0668. The lowest BCUT2D eigenvalue weighted by Gasteiger charge is -2.07. The van der Waals surface area contributed by atoms with Gasteiger partial charge in [0.1, 0.15) is 5.75 Å². The molecule has 1 aromatic heterocycles. The number of hydrogen-bond acceptors (Lipinski definition) is 7. The number of halogens is 2. The molecule has 1 heterocycles. The van der Waals surface area contributed by atoms with Gasteiger partial charge in [-0.2, -0.15) is 8.78 Å². The third kappa shape index (κ3) is 6.82. The summed E-state index contributed by atoms with van der Waals surface area (Å²) >= 11 is 1.57. The number of esters is 1. The molecule has 10 heteroatoms. The molecule has 0 fully saturated rings. The van der Waals surface area contributed by atoms with Gasteiger partial charge in [0.25, 0.3) is 11.8 Å². The number of amides is 2. The van der Waals surface area contributed by atoms with Gasteiger partial charge in [-0.25, -0.2) is 4.98 Å². The van der Waals surface area contributed by atoms with Crippen molar-refractivity contribution in [3.8, 4) is 5.75 Å². The Morgan fingerprint density at radius 2 is 1.81 bits per heavy atom. The zero-order chi connectivity index (χ0) is 22.2. The van der Waals surface area contributed by atoms with Crippen molar-refractivity contribution in [2.24, 2.45) is 0 Å². The number of aromatic nitrogens is 1. The Labute approximate surface area is 180 Å². The second-order valence-corrected chi connectivity index (χ2v) is 7.48. The summed E-state index contributed by atoms with van der Waals surface area (Å²) in [5, 5.41) is 2.98. The van der Waals surface area contributed by atoms with Crippen molar-refractivity contribution in [2.45, 2.75) is 25.9 Å². The van der Waals surface area contributed by atoms with Crippen LogP contribution in [0.5, 0.6) is 5.75 Å². The summed E-state index contributed by atoms with van der Waals surface area (Å²) in [5.74, 6) is -2.22. The predicted molar refractivity (Wildman–Crippen MR) is 109 cm³/mol. The molecule has 2 amide bonds. The molecule has 31 heavy (non-hydrogen) atoms. The number of thiazole rings is 1. The molecule has 0 saturated carbocycles. The number of ether oxygens (including phenoxy) is 2. The maximum absolute atomic E-state index is 12.1. The first-order chi connectivity index (χ1) is 14.9. The maximum Gasteiger partial charge on any atom is 0.387 e. The van der Waals surface area contributed by atoms with Gasteiger partial charge >= 0.3 is 12.6 Å². The van der Waals surface area contributed by atoms with Crippen LogP contribution >= 0.6 is 11.3 Å². The second kappa shape index (κ2) is 10.6. The van der Waals surface area contributed by atoms with E-state index in [0.29, 0.717) is 12.8 Å². The highest BCUT2D eigenvalue weighted by atomic mass is 32.1. The molecule has 0 radical (unpaired) electrons. The molecule has 0 aliphatic heterocycles. The summed E-state index contributed by atoms with van der Waals surface area (Å²) in [4.78, 5) is 40.1. The van der Waals surface area contributed by atoms with Gasteiger partial charge in [0.15, 0.2) is 6.61 Å². The predicted octanol–water partition coefficient (Wildman–Crippen LogP) is 3.72. The quantitative estimate of drug-likeness (QED) is 0.502. The SMILES string of the molecule is O=C(COC(=O)CCCc1nc2ccccc2s1)NC(=O)c1ccc(OC(F)F)cc1. The lowest BCUT2D eigenvalue weighted by molar-refractivity contribution is -0.148. The van der Waals surface area contributed by atoms with E-state index >= 15 is 0 Å². The van der Waals surface area contributed by atoms with E-state index in [4.69, 9.17) is 4.74 Å². The summed E-state index contributed by atoms with van der Waals surface area (Å²) in [6.07, 6.45) is 1.25. The fourth-order valence-electron chi connectivity index (χ4n) is 2.65. The second-order valence-electron chi connectivity index (χ2n) is 6.37. The number of nitrogens with zero attached hydrogens (tertiary/aromatic N) is 1. The summed E-state index contributed by atoms with van der Waals surface area (Å²) in [6, 6.07) is 12.6. The van der Waals surface area contributed by atoms with E-state index in [2.05, 4.69) is 15.0 Å². The molecule has 0 unspecified atom stereocenters. The number of fused-ring (bicyclic) bond motifs is 1. The van der Waals surface area contributed by atoms with E-state index in [-0.39, 0.29) is 17.7 Å². The number of imide groups is 1. The molecule has 0 bridgehead atoms. The molecule has 0 aliphatic rings. The van der Waals surface area contributed by atoms with E-state index in [1.54, 1.807) is 11.3 Å². The fraction of sp³-hybridized carbons (Fsp3) is 0.238. The number of alkyl halides is 2. The van der Waals surface area contributed by atoms with Gasteiger partial charge in [-0.15, -0.1) is 11.3 Å². The Morgan fingerprint density at radius 1 is 1.06 bits per heavy atom. The summed E-state index contributed by atoms with van der Waals surface area (Å²) < 4.78 is 34.4. The fourth-order valence-corrected chi connectivity index (χ4v) is 3.66. The molecule has 7 nitrogen and oxygen atoms in total. The van der Waals surface area contributed by atoms with Gasteiger partial charge in [0, 0.05) is 12.0 Å². The number of rotatable bonds is 9. The maximum atomic E-state index is 12.1. The van der Waals surface area contributed by atoms with Crippen molar-refractivity contribution in [1.82, 2.24) is 10.3 Å². The Hall–Kier alpha value is -3.40. The largest absolute Gasteiger partial charge is 0.456 e. The average Bonchev–Trinajstić information content (AvgIpc) is 3.15. The number of aryl methyl sites for hydroxylation is 1. The Morgan fingerprint density at radius 3 is 2.52 bits per heavy atom. The van der Waals surface area contributed by atoms with Crippen LogP contribution in [0, 0.1) is 0 Å². The number of carbonyl (C=O) groups is 3. The highest BCUT2D eigenvalue weighted by molar-refractivity contribution is 7.18. The average molecular weight is 448 g/mol. The number of benzene rings is 2. The molecular weight excluding hydrogens is 430 g/mol. The molecular formula is C21H18F2N2O5S. The molecule has 2 aromatic carbocycles. The van der Waals surface area contributed by atoms with Gasteiger partial charge in [-0.3, -0.25) is 19.7 Å². The molecule has 0 atom stereocenters. The zero-order valence-electron chi connectivity index (χ0n) is 16.2. The summed E-state index contributed by atoms with van der Waals surface area (Å²) in [6.45, 7) is -3.57. The van der Waals surface area contributed by atoms with Crippen LogP contribution in [0.4, 0.5) is 8.78 Å². The monoisotopic (exact) mass is 448 g/mol. The first-order valence-corrected chi connectivity index (χ1v) is 10.1. The van der Waals surface area contributed by atoms with Crippen LogP contribution in [0.15, 0.2) is 48.5 Å². The smallest absolute Gasteiger partial charge is 0.387 e. The molecule has 0 saturated heterocycles. The molecule has 0 spiro atoms. The molecule has 162 valence electrons. The molecule has 1 N–H and O–H groups in total. The van der Waals surface area contributed by atoms with E-state index in [0.717, 1.165) is 15.2 Å². The van der Waals surface area contributed by atoms with Crippen LogP contribution in [0.1, 0.15) is 28.2 Å². The van der Waals surface area contributed by atoms with Crippen LogP contribution in [0.2, 0.25) is 0 Å². The minimum Gasteiger partial charge on any atom is -0.456 e. The third-order valence-corrected chi connectivity index (χ3v) is 5.16. The highest BCUT2D eigenvalue weighted by Crippen LogP contribution is 2.22. The lowest BCUT2D eigenvalue weighted by Crippen LogP contribution is -2.34. The Balaban J connectivity index is 1.36. The third-order valence-electron chi connectivity index (χ3n) is 4.07. The lowest BCUT2D eigenvalue weighted by atomic mass is 10.2. The van der Waals surface area contributed by atoms with E-state index in [1.807, 2.05) is 24.3 Å². The summed E-state index contributed by atoms with van der Waals surface area (Å²) in [5.41, 5.74) is 0.986. The van der Waals surface area contributed by atoms with E-state index in [1.165, 1.54) is 24.3 Å². The van der Waals surface area contributed by atoms with Crippen molar-refractivity contribution in [1.29, 1.82) is 0 Å². The summed E-state index contributed by atoms with van der Waals surface area (Å²) in [7, 11) is 0. The molecule has 3 aromatic rings. The van der Waals surface area contributed by atoms with Gasteiger partial charge < -0.3 is 9.47 Å². The van der Waals surface area contributed by atoms with Crippen LogP contribution in [-0.4, -0.2) is 36.0 Å². The van der Waals surface area contributed by atoms with E-state index < -0.39 is 31.0 Å². The number of nitrogens with one attached hydrogen (secondary N) is 1. The first-order valence-electron chi connectivity index (χ1n) is 9.30. The number of carbonyl (C=O) groups excluding carboxylic acids is 3. The van der Waals surface area contributed by atoms with Gasteiger partial charge in [0.2, 0.25) is 0 Å². The number of hydrogen-bond donors (Lipinski definition) is 1. The minimum atomic E-state index is -2.97. The van der Waals surface area contributed by atoms with Crippen LogP contribution < -0.4 is 10.1 Å². The first kappa shape index (κ1) is 22.3. The Bertz CT molecular complexity index is 1040. The van der Waals surface area contributed by atoms with Crippen LogP contribution in [0.25, 0.3) is 10.2 Å². The Kier molecular flexibility index (Phi) is 7.60. The van der Waals surface area contributed by atoms with Crippen LogP contribution in [0.3, 0.4) is 0 Å². The van der Waals surface area contributed by atoms with E-state index in [9.17, 15) is 23.2 Å². The van der Waals surface area contributed by atoms with Crippen LogP contribution in [-0.2, 0) is 20.7 Å². The molecule has 3 rings (SSSR count). The standard InChI is InChI=1S/C21H18F2N2O5S/c22-21(23)30-14-10-8-13(9-11-14)20(28)25-17(26)12-29-19(27)7-3-6-18-24-15-4-1-2-5-16(15)31-18/h1-2,4-5,8-11,21H,3,6-7,12H2,(H,25,26,28). The van der Waals surface area contributed by atoms with Crippen molar-refractivity contribution in [3.05, 3.63) is 59.1 Å². The van der Waals surface area contributed by atoms with Crippen molar-refractivity contribution in [3.63, 3.8) is 0 Å². The van der Waals surface area contributed by atoms with Crippen molar-refractivity contribution < 1.29 is 32.6 Å². The van der Waals surface area contributed by atoms with Gasteiger partial charge in [-0.1, -0.05) is 12.1 Å². The number of para-hydroxylation sites is 1. The van der Waals surface area contributed by atoms with Gasteiger partial charge in [-0.05, 0) is 49.2 Å².